The fourth-order valence-electron chi connectivity index (χ4n) is 6.83. The molecule has 0 spiro atoms. The number of carbonyl (C=O) groups is 2. The van der Waals surface area contributed by atoms with Gasteiger partial charge in [-0.2, -0.15) is 4.41 Å². The quantitative estimate of drug-likeness (QED) is 0.127. The van der Waals surface area contributed by atoms with E-state index in [2.05, 4.69) is 19.8 Å². The molecule has 2 fully saturated rings. The van der Waals surface area contributed by atoms with Gasteiger partial charge < -0.3 is 15.0 Å². The predicted octanol–water partition coefficient (Wildman–Crippen LogP) is 4.98. The van der Waals surface area contributed by atoms with Crippen LogP contribution in [0.15, 0.2) is 79.1 Å². The van der Waals surface area contributed by atoms with Crippen LogP contribution in [0.3, 0.4) is 0 Å². The number of hydrazine groups is 1. The van der Waals surface area contributed by atoms with Crippen molar-refractivity contribution < 1.29 is 36.3 Å². The summed E-state index contributed by atoms with van der Waals surface area (Å²) >= 11 is 0. The number of fused-ring (bicyclic) bond motifs is 1. The van der Waals surface area contributed by atoms with Crippen molar-refractivity contribution in [3.05, 3.63) is 113 Å². The number of anilines is 2. The second-order valence-corrected chi connectivity index (χ2v) is 13.8. The number of ketones is 1. The first-order chi connectivity index (χ1) is 25.0. The van der Waals surface area contributed by atoms with Crippen LogP contribution in [0.2, 0.25) is 0 Å². The molecule has 0 radical (unpaired) electrons. The van der Waals surface area contributed by atoms with E-state index in [0.717, 1.165) is 72.2 Å². The monoisotopic (exact) mass is 732 g/mol. The fraction of sp³-hybridized carbons (Fsp3) is 0.270. The normalized spacial score (nSPS) is 16.9. The van der Waals surface area contributed by atoms with E-state index in [1.165, 1.54) is 6.20 Å². The van der Waals surface area contributed by atoms with Crippen molar-refractivity contribution in [2.75, 3.05) is 48.6 Å². The van der Waals surface area contributed by atoms with Crippen LogP contribution < -0.4 is 9.31 Å². The average Bonchev–Trinajstić information content (AvgIpc) is 3.76. The molecule has 2 aliphatic heterocycles. The number of hydrogen-bond donors (Lipinski definition) is 3. The maximum absolute atomic E-state index is 15.9. The molecule has 270 valence electrons. The van der Waals surface area contributed by atoms with Crippen molar-refractivity contribution in [3.63, 3.8) is 0 Å². The van der Waals surface area contributed by atoms with E-state index in [4.69, 9.17) is 5.11 Å². The molecule has 0 saturated carbocycles. The van der Waals surface area contributed by atoms with E-state index in [9.17, 15) is 22.4 Å². The minimum atomic E-state index is -3.47. The summed E-state index contributed by atoms with van der Waals surface area (Å²) in [5.41, 5.74) is 3.21. The number of carbonyl (C=O) groups excluding carboxylic acids is 1. The van der Waals surface area contributed by atoms with Crippen LogP contribution in [0, 0.1) is 11.6 Å². The molecule has 11 nitrogen and oxygen atoms in total. The molecule has 3 aromatic carbocycles. The van der Waals surface area contributed by atoms with Gasteiger partial charge in [-0.15, -0.1) is 0 Å². The summed E-state index contributed by atoms with van der Waals surface area (Å²) in [7, 11) is -3.47. The number of nitrogens with zero attached hydrogens (tertiary/aromatic N) is 5. The number of piperazine rings is 1. The third-order valence-corrected chi connectivity index (χ3v) is 10.3. The molecule has 2 aromatic heterocycles. The Bertz CT molecular complexity index is 2200. The van der Waals surface area contributed by atoms with Crippen LogP contribution in [-0.4, -0.2) is 90.6 Å². The van der Waals surface area contributed by atoms with Gasteiger partial charge in [0.25, 0.3) is 0 Å². The van der Waals surface area contributed by atoms with Gasteiger partial charge in [-0.05, 0) is 53.4 Å². The molecule has 2 aliphatic rings. The van der Waals surface area contributed by atoms with Crippen LogP contribution in [-0.2, 0) is 28.7 Å². The smallest absolute Gasteiger partial charge is 0.307 e. The lowest BCUT2D eigenvalue weighted by Gasteiger charge is -2.36. The maximum Gasteiger partial charge on any atom is 0.307 e. The van der Waals surface area contributed by atoms with Gasteiger partial charge in [-0.25, -0.2) is 31.6 Å². The van der Waals surface area contributed by atoms with Gasteiger partial charge in [-0.3, -0.25) is 14.5 Å². The van der Waals surface area contributed by atoms with Crippen LogP contribution in [0.5, 0.6) is 0 Å². The highest BCUT2D eigenvalue weighted by molar-refractivity contribution is 7.73. The standard InChI is InChI=1S/C37H35F3N6O5S/c38-27-11-12-45(22-27)46(52(50)51)32-10-9-31(39)34(35(32)40)36(49)30-20-42-37-29(30)18-26(19-41-37)25-5-7-28(8-6-25)44-15-13-43(14-16-44)21-24-3-1-23(2-4-24)17-33(47)48/h1-10,18-20,27,52H,11-17,21-22H2,(H,41,42)(H,47,48)/t27-/m1/s1. The zero-order chi connectivity index (χ0) is 36.5. The highest BCUT2D eigenvalue weighted by Crippen LogP contribution is 2.33. The Labute approximate surface area is 298 Å². The Hall–Kier alpha value is -5.25. The summed E-state index contributed by atoms with van der Waals surface area (Å²) in [4.78, 5) is 36.6. The number of hydrogen-bond acceptors (Lipinski definition) is 8. The number of aliphatic carboxylic acids is 1. The summed E-state index contributed by atoms with van der Waals surface area (Å²) < 4.78 is 69.7. The summed E-state index contributed by atoms with van der Waals surface area (Å²) in [6, 6.07) is 19.0. The van der Waals surface area contributed by atoms with Crippen molar-refractivity contribution in [1.82, 2.24) is 19.9 Å². The number of halogens is 3. The molecular formula is C37H35F3N6O5S. The predicted molar refractivity (Wildman–Crippen MR) is 190 cm³/mol. The molecular weight excluding hydrogens is 698 g/mol. The topological polar surface area (TPSA) is 130 Å². The highest BCUT2D eigenvalue weighted by atomic mass is 32.2. The lowest BCUT2D eigenvalue weighted by atomic mass is 9.99. The lowest BCUT2D eigenvalue weighted by Crippen LogP contribution is -2.45. The average molecular weight is 733 g/mol. The van der Waals surface area contributed by atoms with Gasteiger partial charge in [0.1, 0.15) is 23.3 Å². The van der Waals surface area contributed by atoms with E-state index in [0.29, 0.717) is 21.0 Å². The number of aromatic nitrogens is 2. The summed E-state index contributed by atoms with van der Waals surface area (Å²) in [6.07, 6.45) is 1.70. The Morgan fingerprint density at radius 3 is 2.29 bits per heavy atom. The number of rotatable bonds is 11. The first kappa shape index (κ1) is 35.2. The van der Waals surface area contributed by atoms with Gasteiger partial charge in [-0.1, -0.05) is 36.4 Å². The number of carboxylic acid groups (broad SMARTS) is 1. The van der Waals surface area contributed by atoms with E-state index in [-0.39, 0.29) is 31.5 Å². The minimum Gasteiger partial charge on any atom is -0.481 e. The Morgan fingerprint density at radius 2 is 1.63 bits per heavy atom. The third-order valence-electron chi connectivity index (χ3n) is 9.54. The van der Waals surface area contributed by atoms with Crippen LogP contribution >= 0.6 is 0 Å². The van der Waals surface area contributed by atoms with Gasteiger partial charge in [0.05, 0.1) is 18.5 Å². The van der Waals surface area contributed by atoms with Gasteiger partial charge >= 0.3 is 5.97 Å². The summed E-state index contributed by atoms with van der Waals surface area (Å²) in [5.74, 6) is -4.39. The maximum atomic E-state index is 15.9. The molecule has 1 atom stereocenters. The number of nitrogens with one attached hydrogen (secondary N) is 1. The summed E-state index contributed by atoms with van der Waals surface area (Å²) in [6.45, 7) is 3.87. The molecule has 52 heavy (non-hydrogen) atoms. The van der Waals surface area contributed by atoms with Crippen molar-refractivity contribution in [2.24, 2.45) is 0 Å². The number of H-pyrrole nitrogens is 1. The van der Waals surface area contributed by atoms with Gasteiger partial charge in [0.2, 0.25) is 16.7 Å². The number of aromatic amines is 1. The number of benzene rings is 3. The number of alkyl halides is 1. The van der Waals surface area contributed by atoms with Gasteiger partial charge in [0.15, 0.2) is 5.82 Å². The van der Waals surface area contributed by atoms with E-state index in [1.54, 1.807) is 12.3 Å². The summed E-state index contributed by atoms with van der Waals surface area (Å²) in [5, 5.41) is 10.4. The molecule has 0 bridgehead atoms. The van der Waals surface area contributed by atoms with Crippen molar-refractivity contribution in [2.45, 2.75) is 25.6 Å². The second kappa shape index (κ2) is 14.8. The first-order valence-corrected chi connectivity index (χ1v) is 17.9. The molecule has 0 unspecified atom stereocenters. The van der Waals surface area contributed by atoms with Crippen LogP contribution in [0.1, 0.15) is 33.5 Å². The number of carboxylic acids is 1. The number of pyridine rings is 1. The fourth-order valence-corrected chi connectivity index (χ4v) is 7.53. The molecule has 15 heteroatoms. The van der Waals surface area contributed by atoms with E-state index < -0.39 is 51.7 Å². The van der Waals surface area contributed by atoms with Crippen molar-refractivity contribution >= 4 is 45.1 Å². The number of thiol groups is 1. The van der Waals surface area contributed by atoms with Gasteiger partial charge in [0, 0.05) is 73.9 Å². The third kappa shape index (κ3) is 7.24. The molecule has 4 heterocycles. The molecule has 2 saturated heterocycles. The SMILES string of the molecule is O=C(O)Cc1ccc(CN2CCN(c3ccc(-c4cnc5[nH]cc(C(=O)c6c(F)ccc(N(N7CC[C@@H](F)C7)[SH](=O)=O)c6F)c5c4)cc3)CC2)cc1. The van der Waals surface area contributed by atoms with Crippen molar-refractivity contribution in [3.8, 4) is 11.1 Å². The Morgan fingerprint density at radius 1 is 0.923 bits per heavy atom. The van der Waals surface area contributed by atoms with E-state index in [1.807, 2.05) is 48.5 Å². The molecule has 5 aromatic rings. The zero-order valence-electron chi connectivity index (χ0n) is 27.8. The zero-order valence-corrected chi connectivity index (χ0v) is 28.7. The Kier molecular flexibility index (Phi) is 9.99. The molecule has 0 amide bonds. The highest BCUT2D eigenvalue weighted by Gasteiger charge is 2.33. The molecule has 2 N–H and O–H groups in total. The lowest BCUT2D eigenvalue weighted by molar-refractivity contribution is -0.136. The van der Waals surface area contributed by atoms with Crippen LogP contribution in [0.4, 0.5) is 24.5 Å². The van der Waals surface area contributed by atoms with E-state index >= 15 is 8.78 Å². The van der Waals surface area contributed by atoms with Crippen molar-refractivity contribution in [1.29, 1.82) is 0 Å². The Balaban J connectivity index is 1.06. The largest absolute Gasteiger partial charge is 0.481 e. The molecule has 7 rings (SSSR count). The second-order valence-electron chi connectivity index (χ2n) is 12.9. The minimum absolute atomic E-state index is 0.00748. The first-order valence-electron chi connectivity index (χ1n) is 16.8. The van der Waals surface area contributed by atoms with Crippen LogP contribution in [0.25, 0.3) is 22.2 Å². The molecule has 0 aliphatic carbocycles.